The molecule has 24 heavy (non-hydrogen) atoms. The Hall–Kier alpha value is -3.15. The van der Waals surface area contributed by atoms with Gasteiger partial charge in [-0.1, -0.05) is 6.07 Å². The first kappa shape index (κ1) is 15.7. The van der Waals surface area contributed by atoms with Crippen molar-refractivity contribution in [3.8, 4) is 5.75 Å². The highest BCUT2D eigenvalue weighted by atomic mass is 16.3. The zero-order chi connectivity index (χ0) is 17.3. The third-order valence-corrected chi connectivity index (χ3v) is 3.75. The van der Waals surface area contributed by atoms with Gasteiger partial charge in [0.2, 0.25) is 5.43 Å². The van der Waals surface area contributed by atoms with Gasteiger partial charge in [0.05, 0.1) is 5.39 Å². The van der Waals surface area contributed by atoms with E-state index in [1.165, 1.54) is 18.3 Å². The summed E-state index contributed by atoms with van der Waals surface area (Å²) in [5.74, 6) is -0.479. The summed E-state index contributed by atoms with van der Waals surface area (Å²) >= 11 is 0. The summed E-state index contributed by atoms with van der Waals surface area (Å²) in [5.41, 5.74) is 1.47. The molecule has 1 amide bonds. The first-order chi connectivity index (χ1) is 11.5. The van der Waals surface area contributed by atoms with Crippen molar-refractivity contribution >= 4 is 22.6 Å². The number of fused-ring (bicyclic) bond motifs is 1. The van der Waals surface area contributed by atoms with Crippen LogP contribution in [0.5, 0.6) is 5.75 Å². The maximum atomic E-state index is 12.6. The van der Waals surface area contributed by atoms with E-state index in [-0.39, 0.29) is 16.7 Å². The molecule has 0 spiro atoms. The smallest absolute Gasteiger partial charge is 0.261 e. The van der Waals surface area contributed by atoms with Crippen molar-refractivity contribution < 1.29 is 9.90 Å². The molecule has 0 atom stereocenters. The van der Waals surface area contributed by atoms with Crippen molar-refractivity contribution in [2.45, 2.75) is 20.4 Å². The third kappa shape index (κ3) is 2.86. The van der Waals surface area contributed by atoms with Crippen LogP contribution in [-0.2, 0) is 6.54 Å². The Balaban J connectivity index is 2.09. The van der Waals surface area contributed by atoms with Crippen LogP contribution in [-0.4, -0.2) is 20.6 Å². The number of pyridine rings is 2. The number of amides is 1. The Morgan fingerprint density at radius 2 is 2.08 bits per heavy atom. The van der Waals surface area contributed by atoms with E-state index in [1.807, 2.05) is 13.8 Å². The van der Waals surface area contributed by atoms with E-state index in [9.17, 15) is 14.7 Å². The van der Waals surface area contributed by atoms with Gasteiger partial charge in [-0.3, -0.25) is 9.59 Å². The largest absolute Gasteiger partial charge is 0.508 e. The van der Waals surface area contributed by atoms with Gasteiger partial charge in [0.1, 0.15) is 17.0 Å². The topological polar surface area (TPSA) is 84.2 Å². The van der Waals surface area contributed by atoms with Gasteiger partial charge in [-0.05, 0) is 38.1 Å². The van der Waals surface area contributed by atoms with Crippen LogP contribution in [0.25, 0.3) is 11.0 Å². The average molecular weight is 323 g/mol. The van der Waals surface area contributed by atoms with Crippen molar-refractivity contribution in [2.24, 2.45) is 0 Å². The van der Waals surface area contributed by atoms with Crippen LogP contribution in [0.2, 0.25) is 0 Å². The molecule has 0 radical (unpaired) electrons. The second-order valence-electron chi connectivity index (χ2n) is 5.49. The van der Waals surface area contributed by atoms with E-state index in [0.29, 0.717) is 23.3 Å². The number of hydrogen-bond donors (Lipinski definition) is 2. The van der Waals surface area contributed by atoms with Gasteiger partial charge in [-0.2, -0.15) is 0 Å². The number of carbonyl (C=O) groups is 1. The second-order valence-corrected chi connectivity index (χ2v) is 5.49. The number of nitrogens with zero attached hydrogens (tertiary/aromatic N) is 2. The summed E-state index contributed by atoms with van der Waals surface area (Å²) in [4.78, 5) is 29.5. The van der Waals surface area contributed by atoms with Crippen molar-refractivity contribution in [2.75, 3.05) is 5.32 Å². The lowest BCUT2D eigenvalue weighted by Crippen LogP contribution is -2.24. The van der Waals surface area contributed by atoms with Crippen LogP contribution in [0, 0.1) is 6.92 Å². The summed E-state index contributed by atoms with van der Waals surface area (Å²) in [7, 11) is 0. The number of aromatic hydroxyl groups is 1. The highest BCUT2D eigenvalue weighted by molar-refractivity contribution is 6.05. The van der Waals surface area contributed by atoms with E-state index in [0.717, 1.165) is 5.69 Å². The number of phenols is 1. The first-order valence-electron chi connectivity index (χ1n) is 7.60. The molecule has 2 heterocycles. The Labute approximate surface area is 138 Å². The lowest BCUT2D eigenvalue weighted by molar-refractivity contribution is 0.102. The summed E-state index contributed by atoms with van der Waals surface area (Å²) in [6.07, 6.45) is 1.52. The van der Waals surface area contributed by atoms with Gasteiger partial charge in [0, 0.05) is 30.2 Å². The summed E-state index contributed by atoms with van der Waals surface area (Å²) in [5, 5.41) is 12.5. The lowest BCUT2D eigenvalue weighted by atomic mass is 10.1. The minimum absolute atomic E-state index is 0.0388. The molecule has 6 heteroatoms. The van der Waals surface area contributed by atoms with Crippen molar-refractivity contribution in [3.63, 3.8) is 0 Å². The van der Waals surface area contributed by atoms with Crippen LogP contribution in [0.3, 0.4) is 0 Å². The first-order valence-corrected chi connectivity index (χ1v) is 7.60. The van der Waals surface area contributed by atoms with E-state index in [1.54, 1.807) is 28.8 Å². The molecule has 0 fully saturated rings. The lowest BCUT2D eigenvalue weighted by Gasteiger charge is -2.11. The number of nitrogens with one attached hydrogen (secondary N) is 1. The predicted molar refractivity (Wildman–Crippen MR) is 92.5 cm³/mol. The van der Waals surface area contributed by atoms with Crippen LogP contribution in [0.4, 0.5) is 5.69 Å². The van der Waals surface area contributed by atoms with E-state index in [2.05, 4.69) is 10.3 Å². The predicted octanol–water partition coefficient (Wildman–Crippen LogP) is 2.68. The Bertz CT molecular complexity index is 992. The van der Waals surface area contributed by atoms with Gasteiger partial charge in [-0.25, -0.2) is 4.98 Å². The average Bonchev–Trinajstić information content (AvgIpc) is 2.55. The van der Waals surface area contributed by atoms with Gasteiger partial charge >= 0.3 is 0 Å². The van der Waals surface area contributed by atoms with Crippen molar-refractivity contribution in [3.05, 3.63) is 64.1 Å². The quantitative estimate of drug-likeness (QED) is 0.776. The molecule has 6 nitrogen and oxygen atoms in total. The molecule has 0 bridgehead atoms. The fraction of sp³-hybridized carbons (Fsp3) is 0.167. The second kappa shape index (κ2) is 6.16. The number of aryl methyl sites for hydroxylation is 2. The highest BCUT2D eigenvalue weighted by Gasteiger charge is 2.16. The zero-order valence-electron chi connectivity index (χ0n) is 13.4. The van der Waals surface area contributed by atoms with Gasteiger partial charge < -0.3 is 15.0 Å². The Kier molecular flexibility index (Phi) is 4.04. The van der Waals surface area contributed by atoms with Crippen LogP contribution >= 0.6 is 0 Å². The molecule has 122 valence electrons. The zero-order valence-corrected chi connectivity index (χ0v) is 13.4. The number of aromatic nitrogens is 2. The van der Waals surface area contributed by atoms with Gasteiger partial charge in [0.25, 0.3) is 5.91 Å². The monoisotopic (exact) mass is 323 g/mol. The van der Waals surface area contributed by atoms with Gasteiger partial charge in [0.15, 0.2) is 0 Å². The molecule has 0 aliphatic carbocycles. The van der Waals surface area contributed by atoms with Crippen molar-refractivity contribution in [1.29, 1.82) is 0 Å². The van der Waals surface area contributed by atoms with Crippen LogP contribution < -0.4 is 10.7 Å². The summed E-state index contributed by atoms with van der Waals surface area (Å²) < 4.78 is 1.78. The minimum atomic E-state index is -0.518. The maximum Gasteiger partial charge on any atom is 0.261 e. The third-order valence-electron chi connectivity index (χ3n) is 3.75. The number of hydrogen-bond acceptors (Lipinski definition) is 4. The fourth-order valence-electron chi connectivity index (χ4n) is 2.54. The Morgan fingerprint density at radius 1 is 1.29 bits per heavy atom. The highest BCUT2D eigenvalue weighted by Crippen LogP contribution is 2.17. The molecule has 0 aliphatic rings. The Morgan fingerprint density at radius 3 is 2.79 bits per heavy atom. The van der Waals surface area contributed by atoms with Crippen LogP contribution in [0.15, 0.2) is 47.4 Å². The molecule has 1 aromatic carbocycles. The normalized spacial score (nSPS) is 10.8. The molecule has 0 saturated heterocycles. The fourth-order valence-corrected chi connectivity index (χ4v) is 2.54. The number of phenolic OH excluding ortho intramolecular Hbond substituents is 1. The minimum Gasteiger partial charge on any atom is -0.508 e. The molecule has 3 rings (SSSR count). The van der Waals surface area contributed by atoms with E-state index < -0.39 is 5.91 Å². The number of rotatable bonds is 3. The van der Waals surface area contributed by atoms with Gasteiger partial charge in [-0.15, -0.1) is 0 Å². The summed E-state index contributed by atoms with van der Waals surface area (Å²) in [6.45, 7) is 4.36. The molecular formula is C18H17N3O3. The van der Waals surface area contributed by atoms with E-state index in [4.69, 9.17) is 0 Å². The van der Waals surface area contributed by atoms with Crippen molar-refractivity contribution in [1.82, 2.24) is 9.55 Å². The molecule has 0 saturated carbocycles. The standard InChI is InChI=1S/C18H17N3O3/c1-3-21-10-15(16(23)14-8-7-11(2)19-17(14)21)18(24)20-12-5-4-6-13(22)9-12/h4-10,22H,3H2,1-2H3,(H,20,24). The molecule has 2 aromatic heterocycles. The molecule has 0 unspecified atom stereocenters. The summed E-state index contributed by atoms with van der Waals surface area (Å²) in [6, 6.07) is 9.62. The number of anilines is 1. The SMILES string of the molecule is CCn1cc(C(=O)Nc2cccc(O)c2)c(=O)c2ccc(C)nc21. The van der Waals surface area contributed by atoms with Crippen LogP contribution in [0.1, 0.15) is 23.0 Å². The molecule has 3 aromatic rings. The number of carbonyl (C=O) groups excluding carboxylic acids is 1. The van der Waals surface area contributed by atoms with E-state index >= 15 is 0 Å². The molecular weight excluding hydrogens is 306 g/mol. The molecule has 2 N–H and O–H groups in total. The molecule has 0 aliphatic heterocycles. The number of benzene rings is 1. The maximum absolute atomic E-state index is 12.6.